The maximum atomic E-state index is 13.4. The Balaban J connectivity index is 1.59. The number of hydrogen-bond acceptors (Lipinski definition) is 6. The van der Waals surface area contributed by atoms with Crippen molar-refractivity contribution in [3.05, 3.63) is 22.8 Å². The number of carbonyl (C=O) groups is 2. The first-order chi connectivity index (χ1) is 17.2. The molecule has 0 aromatic heterocycles. The molecule has 0 saturated heterocycles. The first kappa shape index (κ1) is 26.3. The SMILES string of the molecule is CC[C@H](C)[C@H](C(=O)O)N1Cc2c(cc(O)c3c2O[C@]2(C3)[C@H](C)CC[C@H]3C(C)(C)[C@H](O)[C@H](O)C[C@@]32C)C1=O. The van der Waals surface area contributed by atoms with Crippen molar-refractivity contribution in [2.24, 2.45) is 28.6 Å². The average Bonchev–Trinajstić information content (AvgIpc) is 3.37. The number of carboxylic acids is 1. The molecular formula is C29H41NO7. The summed E-state index contributed by atoms with van der Waals surface area (Å²) in [5.41, 5.74) is -0.170. The Kier molecular flexibility index (Phi) is 5.93. The lowest BCUT2D eigenvalue weighted by Crippen LogP contribution is -2.69. The van der Waals surface area contributed by atoms with Gasteiger partial charge in [-0.3, -0.25) is 4.79 Å². The zero-order chi connectivity index (χ0) is 27.2. The van der Waals surface area contributed by atoms with E-state index in [1.165, 1.54) is 11.0 Å². The number of amides is 1. The highest BCUT2D eigenvalue weighted by Crippen LogP contribution is 2.67. The molecule has 5 rings (SSSR count). The van der Waals surface area contributed by atoms with Crippen LogP contribution in [0.25, 0.3) is 0 Å². The molecule has 8 nitrogen and oxygen atoms in total. The third kappa shape index (κ3) is 3.33. The van der Waals surface area contributed by atoms with Crippen molar-refractivity contribution in [3.63, 3.8) is 0 Å². The number of aliphatic hydroxyl groups excluding tert-OH is 2. The molecule has 8 atom stereocenters. The molecule has 2 saturated carbocycles. The summed E-state index contributed by atoms with van der Waals surface area (Å²) >= 11 is 0. The molecule has 1 aromatic carbocycles. The fraction of sp³-hybridized carbons (Fsp3) is 0.724. The van der Waals surface area contributed by atoms with Gasteiger partial charge in [-0.1, -0.05) is 48.0 Å². The van der Waals surface area contributed by atoms with E-state index in [1.54, 1.807) is 0 Å². The number of hydrogen-bond donors (Lipinski definition) is 4. The van der Waals surface area contributed by atoms with E-state index >= 15 is 0 Å². The Morgan fingerprint density at radius 1 is 1.22 bits per heavy atom. The van der Waals surface area contributed by atoms with E-state index in [0.717, 1.165) is 12.8 Å². The van der Waals surface area contributed by atoms with E-state index in [4.69, 9.17) is 4.74 Å². The van der Waals surface area contributed by atoms with Gasteiger partial charge < -0.3 is 30.1 Å². The van der Waals surface area contributed by atoms with Crippen LogP contribution in [0.2, 0.25) is 0 Å². The highest BCUT2D eigenvalue weighted by atomic mass is 16.5. The van der Waals surface area contributed by atoms with Crippen molar-refractivity contribution >= 4 is 11.9 Å². The summed E-state index contributed by atoms with van der Waals surface area (Å²) in [6, 6.07) is 0.509. The maximum Gasteiger partial charge on any atom is 0.326 e. The summed E-state index contributed by atoms with van der Waals surface area (Å²) in [7, 11) is 0. The second-order valence-electron chi connectivity index (χ2n) is 13.0. The highest BCUT2D eigenvalue weighted by molar-refractivity contribution is 6.02. The van der Waals surface area contributed by atoms with E-state index in [9.17, 15) is 30.0 Å². The lowest BCUT2D eigenvalue weighted by molar-refractivity contribution is -0.240. The van der Waals surface area contributed by atoms with Gasteiger partial charge >= 0.3 is 5.97 Å². The van der Waals surface area contributed by atoms with E-state index in [0.29, 0.717) is 41.7 Å². The molecule has 4 N–H and O–H groups in total. The number of carboxylic acid groups (broad SMARTS) is 1. The van der Waals surface area contributed by atoms with E-state index in [2.05, 4.69) is 13.8 Å². The molecule has 1 aromatic rings. The van der Waals surface area contributed by atoms with Crippen molar-refractivity contribution in [3.8, 4) is 11.5 Å². The number of nitrogens with zero attached hydrogens (tertiary/aromatic N) is 1. The van der Waals surface area contributed by atoms with Gasteiger partial charge in [0.2, 0.25) is 0 Å². The normalized spacial score (nSPS) is 37.5. The Labute approximate surface area is 218 Å². The molecule has 2 fully saturated rings. The number of rotatable bonds is 4. The molecular weight excluding hydrogens is 474 g/mol. The van der Waals surface area contributed by atoms with Crippen molar-refractivity contribution in [2.45, 2.75) is 104 Å². The number of ether oxygens (including phenoxy) is 1. The number of phenols is 1. The van der Waals surface area contributed by atoms with Crippen molar-refractivity contribution in [2.75, 3.05) is 0 Å². The summed E-state index contributed by atoms with van der Waals surface area (Å²) in [4.78, 5) is 27.0. The molecule has 1 spiro atoms. The first-order valence-electron chi connectivity index (χ1n) is 13.7. The standard InChI is InChI=1S/C29H41NO7/c1-7-14(2)22(26(35)36)30-13-18-16(25(30)34)10-19(31)17-11-29(37-23(17)18)15(3)8-9-21-27(4,5)24(33)20(32)12-28(21,29)6/h10,14-15,20-22,24,31-33H,7-9,11-13H2,1-6H3,(H,35,36)/t14-,15+,20+,21-,22+,24+,28-,29+/m0/s1. The molecule has 1 amide bonds. The smallest absolute Gasteiger partial charge is 0.326 e. The summed E-state index contributed by atoms with van der Waals surface area (Å²) in [5, 5.41) is 42.9. The second-order valence-corrected chi connectivity index (χ2v) is 13.0. The van der Waals surface area contributed by atoms with Gasteiger partial charge in [0.1, 0.15) is 23.1 Å². The Bertz CT molecular complexity index is 1150. The Hall–Kier alpha value is -2.32. The van der Waals surface area contributed by atoms with Crippen LogP contribution in [0.3, 0.4) is 0 Å². The molecule has 0 unspecified atom stereocenters. The number of carbonyl (C=O) groups excluding carboxylic acids is 1. The molecule has 2 heterocycles. The number of phenolic OH excluding ortho intramolecular Hbond substituents is 1. The number of benzene rings is 1. The fourth-order valence-electron chi connectivity index (χ4n) is 8.56. The molecule has 2 aliphatic carbocycles. The topological polar surface area (TPSA) is 128 Å². The third-order valence-corrected chi connectivity index (χ3v) is 10.9. The lowest BCUT2D eigenvalue weighted by Gasteiger charge is -2.64. The zero-order valence-corrected chi connectivity index (χ0v) is 22.7. The van der Waals surface area contributed by atoms with Crippen LogP contribution in [-0.2, 0) is 17.8 Å². The van der Waals surface area contributed by atoms with Crippen LogP contribution in [0.4, 0.5) is 0 Å². The zero-order valence-electron chi connectivity index (χ0n) is 22.7. The number of aliphatic carboxylic acids is 1. The fourth-order valence-corrected chi connectivity index (χ4v) is 8.56. The van der Waals surface area contributed by atoms with Gasteiger partial charge in [-0.15, -0.1) is 0 Å². The first-order valence-corrected chi connectivity index (χ1v) is 13.7. The Morgan fingerprint density at radius 3 is 2.51 bits per heavy atom. The van der Waals surface area contributed by atoms with Gasteiger partial charge in [0.05, 0.1) is 24.3 Å². The minimum absolute atomic E-state index is 0.00943. The maximum absolute atomic E-state index is 13.4. The third-order valence-electron chi connectivity index (χ3n) is 10.9. The molecule has 0 bridgehead atoms. The minimum atomic E-state index is -1.04. The van der Waals surface area contributed by atoms with Crippen LogP contribution in [0.5, 0.6) is 11.5 Å². The number of aromatic hydroxyl groups is 1. The summed E-state index contributed by atoms with van der Waals surface area (Å²) in [6.07, 6.45) is 1.48. The minimum Gasteiger partial charge on any atom is -0.508 e. The number of fused-ring (bicyclic) bond motifs is 5. The van der Waals surface area contributed by atoms with Crippen LogP contribution in [0, 0.1) is 28.6 Å². The molecule has 2 aliphatic heterocycles. The van der Waals surface area contributed by atoms with Gasteiger partial charge in [0.15, 0.2) is 0 Å². The summed E-state index contributed by atoms with van der Waals surface area (Å²) in [6.45, 7) is 12.2. The summed E-state index contributed by atoms with van der Waals surface area (Å²) in [5.74, 6) is -1.00. The van der Waals surface area contributed by atoms with E-state index in [1.807, 2.05) is 27.7 Å². The van der Waals surface area contributed by atoms with E-state index in [-0.39, 0.29) is 30.0 Å². The monoisotopic (exact) mass is 515 g/mol. The lowest BCUT2D eigenvalue weighted by atomic mass is 9.43. The average molecular weight is 516 g/mol. The van der Waals surface area contributed by atoms with Crippen molar-refractivity contribution in [1.82, 2.24) is 4.90 Å². The van der Waals surface area contributed by atoms with Gasteiger partial charge in [-0.2, -0.15) is 0 Å². The molecule has 204 valence electrons. The second kappa shape index (κ2) is 8.34. The van der Waals surface area contributed by atoms with Crippen LogP contribution >= 0.6 is 0 Å². The molecule has 8 heteroatoms. The van der Waals surface area contributed by atoms with Crippen LogP contribution in [0.1, 0.15) is 88.7 Å². The summed E-state index contributed by atoms with van der Waals surface area (Å²) < 4.78 is 6.97. The van der Waals surface area contributed by atoms with Crippen LogP contribution in [-0.4, -0.2) is 61.1 Å². The van der Waals surface area contributed by atoms with E-state index < -0.39 is 46.6 Å². The van der Waals surface area contributed by atoms with Crippen molar-refractivity contribution < 1.29 is 34.8 Å². The predicted molar refractivity (Wildman–Crippen MR) is 136 cm³/mol. The van der Waals surface area contributed by atoms with Gasteiger partial charge in [-0.05, 0) is 48.5 Å². The van der Waals surface area contributed by atoms with Gasteiger partial charge in [0.25, 0.3) is 5.91 Å². The van der Waals surface area contributed by atoms with Crippen molar-refractivity contribution in [1.29, 1.82) is 0 Å². The van der Waals surface area contributed by atoms with Crippen LogP contribution < -0.4 is 4.74 Å². The predicted octanol–water partition coefficient (Wildman–Crippen LogP) is 3.73. The van der Waals surface area contributed by atoms with Gasteiger partial charge in [0, 0.05) is 23.0 Å². The van der Waals surface area contributed by atoms with Gasteiger partial charge in [-0.25, -0.2) is 4.79 Å². The largest absolute Gasteiger partial charge is 0.508 e. The molecule has 4 aliphatic rings. The Morgan fingerprint density at radius 2 is 1.89 bits per heavy atom. The number of aliphatic hydroxyl groups is 2. The quantitative estimate of drug-likeness (QED) is 0.481. The molecule has 37 heavy (non-hydrogen) atoms. The highest BCUT2D eigenvalue weighted by Gasteiger charge is 2.69. The molecule has 0 radical (unpaired) electrons. The van der Waals surface area contributed by atoms with Crippen LogP contribution in [0.15, 0.2) is 6.07 Å².